The summed E-state index contributed by atoms with van der Waals surface area (Å²) < 4.78 is 22.7. The molecule has 1 aromatic carbocycles. The second-order valence-electron chi connectivity index (χ2n) is 5.18. The van der Waals surface area contributed by atoms with Crippen molar-refractivity contribution < 1.29 is 13.2 Å². The predicted octanol–water partition coefficient (Wildman–Crippen LogP) is -0.357. The number of carbonyl (C=O) groups is 1. The molecule has 1 amide bonds. The SMILES string of the molecule is O=C(Cn1nnc(-c2ccccc2)n1)N[C@H]1CCS(=O)(=O)C1. The average Bonchev–Trinajstić information content (AvgIpc) is 3.06. The van der Waals surface area contributed by atoms with Gasteiger partial charge in [0.2, 0.25) is 11.7 Å². The van der Waals surface area contributed by atoms with Crippen molar-refractivity contribution in [2.45, 2.75) is 19.0 Å². The molecule has 116 valence electrons. The van der Waals surface area contributed by atoms with Gasteiger partial charge >= 0.3 is 0 Å². The third kappa shape index (κ3) is 3.48. The van der Waals surface area contributed by atoms with E-state index in [1.807, 2.05) is 30.3 Å². The molecule has 1 aliphatic rings. The van der Waals surface area contributed by atoms with E-state index in [1.165, 1.54) is 4.80 Å². The third-order valence-corrected chi connectivity index (χ3v) is 5.14. The van der Waals surface area contributed by atoms with Gasteiger partial charge in [-0.3, -0.25) is 4.79 Å². The Labute approximate surface area is 127 Å². The Kier molecular flexibility index (Phi) is 3.88. The molecule has 2 heterocycles. The normalized spacial score (nSPS) is 19.9. The quantitative estimate of drug-likeness (QED) is 0.824. The van der Waals surface area contributed by atoms with E-state index in [0.717, 1.165) is 5.56 Å². The lowest BCUT2D eigenvalue weighted by molar-refractivity contribution is -0.122. The molecule has 0 aliphatic carbocycles. The first-order chi connectivity index (χ1) is 10.5. The topological polar surface area (TPSA) is 107 Å². The minimum absolute atomic E-state index is 0.00120. The van der Waals surface area contributed by atoms with Gasteiger partial charge in [-0.05, 0) is 11.6 Å². The van der Waals surface area contributed by atoms with Crippen molar-refractivity contribution in [1.82, 2.24) is 25.5 Å². The summed E-state index contributed by atoms with van der Waals surface area (Å²) in [7, 11) is -3.01. The fourth-order valence-corrected chi connectivity index (χ4v) is 4.00. The van der Waals surface area contributed by atoms with Crippen LogP contribution in [-0.4, -0.2) is 52.1 Å². The molecule has 9 heteroatoms. The van der Waals surface area contributed by atoms with Gasteiger partial charge in [-0.25, -0.2) is 8.42 Å². The molecular formula is C13H15N5O3S. The minimum atomic E-state index is -3.01. The van der Waals surface area contributed by atoms with Crippen molar-refractivity contribution in [3.63, 3.8) is 0 Å². The van der Waals surface area contributed by atoms with Crippen molar-refractivity contribution in [2.75, 3.05) is 11.5 Å². The van der Waals surface area contributed by atoms with E-state index in [1.54, 1.807) is 0 Å². The number of nitrogens with zero attached hydrogens (tertiary/aromatic N) is 4. The van der Waals surface area contributed by atoms with Crippen molar-refractivity contribution in [1.29, 1.82) is 0 Å². The summed E-state index contributed by atoms with van der Waals surface area (Å²) in [5.74, 6) is 0.243. The van der Waals surface area contributed by atoms with Gasteiger partial charge in [0.15, 0.2) is 9.84 Å². The van der Waals surface area contributed by atoms with E-state index >= 15 is 0 Å². The van der Waals surface area contributed by atoms with Gasteiger partial charge in [-0.15, -0.1) is 10.2 Å². The summed E-state index contributed by atoms with van der Waals surface area (Å²) in [6, 6.07) is 8.99. The number of carbonyl (C=O) groups excluding carboxylic acids is 1. The zero-order valence-corrected chi connectivity index (χ0v) is 12.5. The van der Waals surface area contributed by atoms with Crippen LogP contribution in [0.2, 0.25) is 0 Å². The largest absolute Gasteiger partial charge is 0.351 e. The maximum Gasteiger partial charge on any atom is 0.243 e. The molecule has 1 N–H and O–H groups in total. The second-order valence-corrected chi connectivity index (χ2v) is 7.41. The van der Waals surface area contributed by atoms with Crippen LogP contribution in [0.3, 0.4) is 0 Å². The van der Waals surface area contributed by atoms with Gasteiger partial charge in [-0.1, -0.05) is 30.3 Å². The number of aromatic nitrogens is 4. The standard InChI is InChI=1S/C13H15N5O3S/c19-12(14-11-6-7-22(20,21)9-11)8-18-16-13(15-17-18)10-4-2-1-3-5-10/h1-5,11H,6-9H2,(H,14,19)/t11-/m0/s1. The number of hydrogen-bond acceptors (Lipinski definition) is 6. The molecule has 0 unspecified atom stereocenters. The van der Waals surface area contributed by atoms with E-state index < -0.39 is 9.84 Å². The number of sulfone groups is 1. The number of rotatable bonds is 4. The molecule has 0 bridgehead atoms. The summed E-state index contributed by atoms with van der Waals surface area (Å²) in [4.78, 5) is 13.1. The van der Waals surface area contributed by atoms with Gasteiger partial charge < -0.3 is 5.32 Å². The van der Waals surface area contributed by atoms with Gasteiger partial charge in [0.1, 0.15) is 6.54 Å². The molecule has 0 spiro atoms. The van der Waals surface area contributed by atoms with E-state index in [2.05, 4.69) is 20.7 Å². The van der Waals surface area contributed by atoms with Crippen molar-refractivity contribution in [2.24, 2.45) is 0 Å². The molecular weight excluding hydrogens is 306 g/mol. The maximum atomic E-state index is 11.9. The zero-order valence-electron chi connectivity index (χ0n) is 11.7. The van der Waals surface area contributed by atoms with Crippen molar-refractivity contribution in [3.05, 3.63) is 30.3 Å². The highest BCUT2D eigenvalue weighted by Crippen LogP contribution is 2.12. The van der Waals surface area contributed by atoms with Crippen LogP contribution < -0.4 is 5.32 Å². The van der Waals surface area contributed by atoms with Gasteiger partial charge in [0.05, 0.1) is 11.5 Å². The van der Waals surface area contributed by atoms with E-state index in [9.17, 15) is 13.2 Å². The molecule has 3 rings (SSSR count). The molecule has 1 aromatic heterocycles. The first-order valence-corrected chi connectivity index (χ1v) is 8.67. The number of benzene rings is 1. The summed E-state index contributed by atoms with van der Waals surface area (Å²) in [6.07, 6.45) is 0.453. The average molecular weight is 321 g/mol. The molecule has 8 nitrogen and oxygen atoms in total. The Hall–Kier alpha value is -2.29. The first-order valence-electron chi connectivity index (χ1n) is 6.85. The van der Waals surface area contributed by atoms with Gasteiger partial charge in [-0.2, -0.15) is 4.80 Å². The Bertz CT molecular complexity index is 772. The monoisotopic (exact) mass is 321 g/mol. The highest BCUT2D eigenvalue weighted by molar-refractivity contribution is 7.91. The van der Waals surface area contributed by atoms with Crippen LogP contribution in [0, 0.1) is 0 Å². The Morgan fingerprint density at radius 1 is 1.32 bits per heavy atom. The highest BCUT2D eigenvalue weighted by atomic mass is 32.2. The fourth-order valence-electron chi connectivity index (χ4n) is 2.32. The number of hydrogen-bond donors (Lipinski definition) is 1. The number of amides is 1. The van der Waals surface area contributed by atoms with Gasteiger partial charge in [0.25, 0.3) is 0 Å². The van der Waals surface area contributed by atoms with Crippen molar-refractivity contribution in [3.8, 4) is 11.4 Å². The predicted molar refractivity (Wildman–Crippen MR) is 78.5 cm³/mol. The zero-order chi connectivity index (χ0) is 15.6. The molecule has 1 saturated heterocycles. The maximum absolute atomic E-state index is 11.9. The lowest BCUT2D eigenvalue weighted by Crippen LogP contribution is -2.38. The molecule has 1 atom stereocenters. The summed E-state index contributed by atoms with van der Waals surface area (Å²) in [5.41, 5.74) is 0.816. The molecule has 1 fully saturated rings. The number of tetrazole rings is 1. The molecule has 22 heavy (non-hydrogen) atoms. The lowest BCUT2D eigenvalue weighted by Gasteiger charge is -2.09. The molecule has 0 saturated carbocycles. The summed E-state index contributed by atoms with van der Waals surface area (Å²) in [6.45, 7) is -0.0869. The molecule has 2 aromatic rings. The third-order valence-electron chi connectivity index (χ3n) is 3.37. The Morgan fingerprint density at radius 2 is 2.09 bits per heavy atom. The van der Waals surface area contributed by atoms with Crippen LogP contribution >= 0.6 is 0 Å². The van der Waals surface area contributed by atoms with Crippen LogP contribution in [0.4, 0.5) is 0 Å². The van der Waals surface area contributed by atoms with E-state index in [-0.39, 0.29) is 30.0 Å². The minimum Gasteiger partial charge on any atom is -0.351 e. The summed E-state index contributed by atoms with van der Waals surface area (Å²) in [5, 5.41) is 14.6. The van der Waals surface area contributed by atoms with Crippen LogP contribution in [0.15, 0.2) is 30.3 Å². The van der Waals surface area contributed by atoms with E-state index in [0.29, 0.717) is 12.2 Å². The second kappa shape index (κ2) is 5.84. The van der Waals surface area contributed by atoms with Crippen LogP contribution in [-0.2, 0) is 21.2 Å². The van der Waals surface area contributed by atoms with Crippen LogP contribution in [0.1, 0.15) is 6.42 Å². The summed E-state index contributed by atoms with van der Waals surface area (Å²) >= 11 is 0. The van der Waals surface area contributed by atoms with Crippen LogP contribution in [0.25, 0.3) is 11.4 Å². The van der Waals surface area contributed by atoms with E-state index in [4.69, 9.17) is 0 Å². The lowest BCUT2D eigenvalue weighted by atomic mass is 10.2. The Balaban J connectivity index is 1.60. The Morgan fingerprint density at radius 3 is 2.77 bits per heavy atom. The fraction of sp³-hybridized carbons (Fsp3) is 0.385. The smallest absolute Gasteiger partial charge is 0.243 e. The molecule has 0 radical (unpaired) electrons. The number of nitrogens with one attached hydrogen (secondary N) is 1. The van der Waals surface area contributed by atoms with Crippen molar-refractivity contribution >= 4 is 15.7 Å². The molecule has 1 aliphatic heterocycles. The highest BCUT2D eigenvalue weighted by Gasteiger charge is 2.29. The first kappa shape index (κ1) is 14.6. The van der Waals surface area contributed by atoms with Gasteiger partial charge in [0, 0.05) is 11.6 Å². The van der Waals surface area contributed by atoms with Crippen LogP contribution in [0.5, 0.6) is 0 Å².